The maximum absolute atomic E-state index is 13.1. The lowest BCUT2D eigenvalue weighted by Crippen LogP contribution is -2.56. The quantitative estimate of drug-likeness (QED) is 0.742. The molecule has 1 aromatic rings. The van der Waals surface area contributed by atoms with Crippen LogP contribution in [0.3, 0.4) is 0 Å². The summed E-state index contributed by atoms with van der Waals surface area (Å²) >= 11 is 0. The highest BCUT2D eigenvalue weighted by molar-refractivity contribution is 6.14. The van der Waals surface area contributed by atoms with Crippen molar-refractivity contribution in [1.82, 2.24) is 9.91 Å². The Morgan fingerprint density at radius 2 is 1.97 bits per heavy atom. The van der Waals surface area contributed by atoms with Crippen molar-refractivity contribution in [2.45, 2.75) is 26.2 Å². The zero-order valence-corrected chi connectivity index (χ0v) is 16.6. The lowest BCUT2D eigenvalue weighted by molar-refractivity contribution is -0.137. The summed E-state index contributed by atoms with van der Waals surface area (Å²) in [6, 6.07) is 4.58. The number of allylic oxidation sites excluding steroid dienone is 1. The number of rotatable bonds is 4. The molecule has 1 atom stereocenters. The first kappa shape index (κ1) is 22.0. The smallest absolute Gasteiger partial charge is 0.432 e. The largest absolute Gasteiger partial charge is 0.448 e. The van der Waals surface area contributed by atoms with Crippen LogP contribution in [0.2, 0.25) is 0 Å². The van der Waals surface area contributed by atoms with E-state index in [4.69, 9.17) is 9.47 Å². The molecule has 0 aliphatic carbocycles. The van der Waals surface area contributed by atoms with Gasteiger partial charge < -0.3 is 9.47 Å². The van der Waals surface area contributed by atoms with Gasteiger partial charge in [0, 0.05) is 24.2 Å². The van der Waals surface area contributed by atoms with Gasteiger partial charge >= 0.3 is 12.3 Å². The Bertz CT molecular complexity index is 876. The van der Waals surface area contributed by atoms with E-state index in [0.29, 0.717) is 26.3 Å². The van der Waals surface area contributed by atoms with E-state index >= 15 is 0 Å². The maximum Gasteiger partial charge on any atom is 0.432 e. The summed E-state index contributed by atoms with van der Waals surface area (Å²) < 4.78 is 49.9. The average molecular weight is 425 g/mol. The van der Waals surface area contributed by atoms with Gasteiger partial charge in [-0.15, -0.1) is 0 Å². The number of carbonyl (C=O) groups excluding carboxylic acids is 2. The van der Waals surface area contributed by atoms with E-state index in [2.05, 4.69) is 5.10 Å². The van der Waals surface area contributed by atoms with Crippen LogP contribution in [-0.4, -0.2) is 66.6 Å². The van der Waals surface area contributed by atoms with E-state index in [1.54, 1.807) is 6.92 Å². The number of nitrogens with zero attached hydrogens (tertiary/aromatic N) is 3. The predicted octanol–water partition coefficient (Wildman–Crippen LogP) is 3.06. The number of carbonyl (C=O) groups is 2. The number of ether oxygens (including phenoxy) is 2. The number of alkyl halides is 3. The molecule has 2 aliphatic heterocycles. The second-order valence-corrected chi connectivity index (χ2v) is 6.79. The third-order valence-corrected chi connectivity index (χ3v) is 4.76. The molecule has 1 saturated heterocycles. The Morgan fingerprint density at radius 1 is 1.27 bits per heavy atom. The standard InChI is InChI=1S/C20H22F3N3O4/c1-3-30-19(28)26-18(25-7-9-29-10-8-25)16(13(2)27)12-17(24-26)14-5-4-6-15(11-14)20(21,22)23/h4-6,11-12,18H,3,7-10H2,1-2H3. The molecular formula is C20H22F3N3O4. The molecule has 0 N–H and O–H groups in total. The molecular weight excluding hydrogens is 403 g/mol. The molecule has 2 aliphatic rings. The van der Waals surface area contributed by atoms with E-state index in [1.807, 2.05) is 4.90 Å². The number of Topliss-reactive ketones (excluding diaryl/α,β-unsaturated/α-hetero) is 1. The van der Waals surface area contributed by atoms with E-state index < -0.39 is 24.0 Å². The topological polar surface area (TPSA) is 71.4 Å². The molecule has 1 aromatic carbocycles. The molecule has 0 radical (unpaired) electrons. The van der Waals surface area contributed by atoms with Crippen LogP contribution >= 0.6 is 0 Å². The first-order valence-electron chi connectivity index (χ1n) is 9.49. The number of hydrogen-bond donors (Lipinski definition) is 0. The fourth-order valence-electron chi connectivity index (χ4n) is 3.34. The first-order valence-corrected chi connectivity index (χ1v) is 9.49. The Morgan fingerprint density at radius 3 is 2.57 bits per heavy atom. The second kappa shape index (κ2) is 8.97. The van der Waals surface area contributed by atoms with E-state index in [0.717, 1.165) is 17.1 Å². The average Bonchev–Trinajstić information content (AvgIpc) is 2.73. The first-order chi connectivity index (χ1) is 14.2. The Labute approximate surface area is 171 Å². The molecule has 0 aromatic heterocycles. The van der Waals surface area contributed by atoms with Crippen molar-refractivity contribution >= 4 is 17.6 Å². The van der Waals surface area contributed by atoms with E-state index in [1.165, 1.54) is 25.1 Å². The number of benzene rings is 1. The van der Waals surface area contributed by atoms with Gasteiger partial charge in [0.2, 0.25) is 0 Å². The molecule has 3 rings (SSSR count). The third-order valence-electron chi connectivity index (χ3n) is 4.76. The normalized spacial score (nSPS) is 20.4. The lowest BCUT2D eigenvalue weighted by atomic mass is 9.99. The van der Waals surface area contributed by atoms with Crippen LogP contribution < -0.4 is 0 Å². The highest BCUT2D eigenvalue weighted by atomic mass is 19.4. The Balaban J connectivity index is 2.08. The zero-order chi connectivity index (χ0) is 21.9. The molecule has 1 fully saturated rings. The molecule has 30 heavy (non-hydrogen) atoms. The predicted molar refractivity (Wildman–Crippen MR) is 102 cm³/mol. The minimum Gasteiger partial charge on any atom is -0.448 e. The third kappa shape index (κ3) is 4.71. The van der Waals surface area contributed by atoms with E-state index in [9.17, 15) is 22.8 Å². The highest BCUT2D eigenvalue weighted by Crippen LogP contribution is 2.31. The minimum absolute atomic E-state index is 0.0730. The van der Waals surface area contributed by atoms with Crippen molar-refractivity contribution < 1.29 is 32.2 Å². The van der Waals surface area contributed by atoms with Crippen molar-refractivity contribution in [2.75, 3.05) is 32.9 Å². The van der Waals surface area contributed by atoms with Crippen molar-refractivity contribution in [3.63, 3.8) is 0 Å². The van der Waals surface area contributed by atoms with Gasteiger partial charge in [-0.1, -0.05) is 12.1 Å². The lowest BCUT2D eigenvalue weighted by Gasteiger charge is -2.40. The SMILES string of the molecule is CCOC(=O)N1N=C(c2cccc(C(F)(F)F)c2)C=C(C(C)=O)C1N1CCOCC1. The summed E-state index contributed by atoms with van der Waals surface area (Å²) in [5, 5.41) is 5.31. The van der Waals surface area contributed by atoms with Gasteiger partial charge in [0.05, 0.1) is 31.1 Å². The van der Waals surface area contributed by atoms with Crippen LogP contribution in [0.25, 0.3) is 0 Å². The molecule has 1 unspecified atom stereocenters. The van der Waals surface area contributed by atoms with Gasteiger partial charge in [0.1, 0.15) is 6.17 Å². The van der Waals surface area contributed by atoms with Crippen molar-refractivity contribution in [3.8, 4) is 0 Å². The molecule has 162 valence electrons. The number of morpholine rings is 1. The monoisotopic (exact) mass is 425 g/mol. The Kier molecular flexibility index (Phi) is 6.57. The van der Waals surface area contributed by atoms with Crippen LogP contribution in [0.15, 0.2) is 41.0 Å². The number of amides is 1. The number of halogens is 3. The minimum atomic E-state index is -4.53. The van der Waals surface area contributed by atoms with Gasteiger partial charge in [0.15, 0.2) is 5.78 Å². The van der Waals surface area contributed by atoms with E-state index in [-0.39, 0.29) is 29.2 Å². The second-order valence-electron chi connectivity index (χ2n) is 6.79. The number of hydrogen-bond acceptors (Lipinski definition) is 6. The summed E-state index contributed by atoms with van der Waals surface area (Å²) in [7, 11) is 0. The highest BCUT2D eigenvalue weighted by Gasteiger charge is 2.39. The maximum atomic E-state index is 13.1. The van der Waals surface area contributed by atoms with Crippen LogP contribution in [-0.2, 0) is 20.4 Å². The van der Waals surface area contributed by atoms with Gasteiger partial charge in [-0.25, -0.2) is 4.79 Å². The van der Waals surface area contributed by atoms with Crippen LogP contribution in [0.5, 0.6) is 0 Å². The van der Waals surface area contributed by atoms with Gasteiger partial charge in [0.25, 0.3) is 0 Å². The summed E-state index contributed by atoms with van der Waals surface area (Å²) in [6.45, 7) is 4.81. The van der Waals surface area contributed by atoms with Crippen molar-refractivity contribution in [3.05, 3.63) is 47.0 Å². The number of ketones is 1. The fourth-order valence-corrected chi connectivity index (χ4v) is 3.34. The molecule has 0 spiro atoms. The molecule has 2 heterocycles. The van der Waals surface area contributed by atoms with Crippen LogP contribution in [0.1, 0.15) is 25.0 Å². The van der Waals surface area contributed by atoms with Gasteiger partial charge in [-0.3, -0.25) is 9.69 Å². The van der Waals surface area contributed by atoms with Crippen LogP contribution in [0.4, 0.5) is 18.0 Å². The zero-order valence-electron chi connectivity index (χ0n) is 16.6. The molecule has 7 nitrogen and oxygen atoms in total. The summed E-state index contributed by atoms with van der Waals surface area (Å²) in [6.07, 6.45) is -4.70. The van der Waals surface area contributed by atoms with Gasteiger partial charge in [-0.05, 0) is 32.1 Å². The van der Waals surface area contributed by atoms with Gasteiger partial charge in [-0.2, -0.15) is 23.3 Å². The molecule has 0 bridgehead atoms. The molecule has 0 saturated carbocycles. The molecule has 1 amide bonds. The molecule has 10 heteroatoms. The van der Waals surface area contributed by atoms with Crippen molar-refractivity contribution in [1.29, 1.82) is 0 Å². The number of hydrazone groups is 1. The Hall–Kier alpha value is -2.72. The summed E-state index contributed by atoms with van der Waals surface area (Å²) in [4.78, 5) is 26.9. The van der Waals surface area contributed by atoms with Crippen molar-refractivity contribution in [2.24, 2.45) is 5.10 Å². The van der Waals surface area contributed by atoms with Crippen LogP contribution in [0, 0.1) is 0 Å². The fraction of sp³-hybridized carbons (Fsp3) is 0.450. The summed E-state index contributed by atoms with van der Waals surface area (Å²) in [5.41, 5.74) is -0.395. The summed E-state index contributed by atoms with van der Waals surface area (Å²) in [5.74, 6) is -0.319.